The Morgan fingerprint density at radius 2 is 1.81 bits per heavy atom. The highest BCUT2D eigenvalue weighted by atomic mass is 14.7. The number of hydrogen-bond donors (Lipinski definition) is 2. The van der Waals surface area contributed by atoms with Crippen LogP contribution in [0.1, 0.15) is 25.3 Å². The van der Waals surface area contributed by atoms with Gasteiger partial charge in [0.1, 0.15) is 0 Å². The molecule has 1 atom stereocenters. The van der Waals surface area contributed by atoms with Gasteiger partial charge in [-0.3, -0.25) is 0 Å². The van der Waals surface area contributed by atoms with E-state index in [-0.39, 0.29) is 11.3 Å². The molecular weight excluding hydrogens is 196 g/mol. The summed E-state index contributed by atoms with van der Waals surface area (Å²) >= 11 is 0. The van der Waals surface area contributed by atoms with Crippen LogP contribution in [0.3, 0.4) is 0 Å². The third kappa shape index (κ3) is 1.60. The molecule has 0 radical (unpaired) electrons. The highest BCUT2D eigenvalue weighted by Gasteiger charge is 2.33. The minimum atomic E-state index is -0.0791. The average molecular weight is 214 g/mol. The van der Waals surface area contributed by atoms with E-state index in [1.54, 1.807) is 0 Å². The lowest BCUT2D eigenvalue weighted by Gasteiger charge is -2.36. The van der Waals surface area contributed by atoms with Gasteiger partial charge < -0.3 is 11.5 Å². The normalized spacial score (nSPS) is 22.9. The summed E-state index contributed by atoms with van der Waals surface area (Å²) in [6.45, 7) is 4.30. The van der Waals surface area contributed by atoms with Crippen LogP contribution in [0.4, 0.5) is 5.69 Å². The van der Waals surface area contributed by atoms with Crippen LogP contribution in [0.25, 0.3) is 0 Å². The van der Waals surface area contributed by atoms with Gasteiger partial charge in [0.2, 0.25) is 0 Å². The predicted octanol–water partition coefficient (Wildman–Crippen LogP) is 2.79. The van der Waals surface area contributed by atoms with Crippen LogP contribution in [0.15, 0.2) is 48.2 Å². The van der Waals surface area contributed by atoms with Crippen molar-refractivity contribution >= 4 is 5.69 Å². The zero-order valence-electron chi connectivity index (χ0n) is 9.77. The summed E-state index contributed by atoms with van der Waals surface area (Å²) in [4.78, 5) is 0. The molecule has 2 nitrogen and oxygen atoms in total. The van der Waals surface area contributed by atoms with Gasteiger partial charge in [-0.15, -0.1) is 0 Å². The Morgan fingerprint density at radius 1 is 1.12 bits per heavy atom. The molecule has 1 aromatic rings. The molecule has 4 N–H and O–H groups in total. The first-order valence-electron chi connectivity index (χ1n) is 5.52. The number of nitrogen functional groups attached to an aromatic ring is 1. The SMILES string of the molecule is CC1(C)C(N)=CC=CC1c1ccccc1N. The first-order valence-corrected chi connectivity index (χ1v) is 5.52. The van der Waals surface area contributed by atoms with Gasteiger partial charge >= 0.3 is 0 Å². The number of allylic oxidation sites excluding steroid dienone is 4. The molecule has 0 fully saturated rings. The minimum Gasteiger partial charge on any atom is -0.402 e. The Balaban J connectivity index is 2.47. The maximum atomic E-state index is 6.06. The summed E-state index contributed by atoms with van der Waals surface area (Å²) in [6, 6.07) is 7.99. The molecule has 1 aromatic carbocycles. The molecule has 1 aliphatic carbocycles. The lowest BCUT2D eigenvalue weighted by atomic mass is 9.70. The Bertz CT molecular complexity index is 456. The number of hydrogen-bond acceptors (Lipinski definition) is 2. The number of rotatable bonds is 1. The summed E-state index contributed by atoms with van der Waals surface area (Å²) in [6.07, 6.45) is 6.15. The van der Waals surface area contributed by atoms with Gasteiger partial charge in [0, 0.05) is 22.7 Å². The van der Waals surface area contributed by atoms with Crippen molar-refractivity contribution in [2.45, 2.75) is 19.8 Å². The molecule has 0 saturated heterocycles. The molecule has 0 spiro atoms. The van der Waals surface area contributed by atoms with Gasteiger partial charge in [0.25, 0.3) is 0 Å². The number of anilines is 1. The highest BCUT2D eigenvalue weighted by molar-refractivity contribution is 5.52. The van der Waals surface area contributed by atoms with Crippen molar-refractivity contribution in [3.63, 3.8) is 0 Å². The van der Waals surface area contributed by atoms with Crippen LogP contribution < -0.4 is 11.5 Å². The summed E-state index contributed by atoms with van der Waals surface area (Å²) in [5, 5.41) is 0. The molecule has 2 heteroatoms. The molecule has 1 unspecified atom stereocenters. The maximum Gasteiger partial charge on any atom is 0.0352 e. The van der Waals surface area contributed by atoms with Crippen LogP contribution in [-0.2, 0) is 0 Å². The number of para-hydroxylation sites is 1. The summed E-state index contributed by atoms with van der Waals surface area (Å²) in [5.74, 6) is 0.249. The molecular formula is C14H18N2. The van der Waals surface area contributed by atoms with Crippen molar-refractivity contribution in [3.05, 3.63) is 53.8 Å². The van der Waals surface area contributed by atoms with Crippen molar-refractivity contribution in [1.82, 2.24) is 0 Å². The maximum absolute atomic E-state index is 6.06. The van der Waals surface area contributed by atoms with E-state index in [0.29, 0.717) is 0 Å². The van der Waals surface area contributed by atoms with Crippen LogP contribution in [0.2, 0.25) is 0 Å². The smallest absolute Gasteiger partial charge is 0.0352 e. The van der Waals surface area contributed by atoms with Gasteiger partial charge in [0.05, 0.1) is 0 Å². The molecule has 2 rings (SSSR count). The molecule has 0 aliphatic heterocycles. The fraction of sp³-hybridized carbons (Fsp3) is 0.286. The highest BCUT2D eigenvalue weighted by Crippen LogP contribution is 2.44. The predicted molar refractivity (Wildman–Crippen MR) is 68.8 cm³/mol. The van der Waals surface area contributed by atoms with Gasteiger partial charge in [-0.05, 0) is 17.7 Å². The molecule has 0 heterocycles. The summed E-state index contributed by atoms with van der Waals surface area (Å²) < 4.78 is 0. The first kappa shape index (κ1) is 10.8. The summed E-state index contributed by atoms with van der Waals surface area (Å²) in [5.41, 5.74) is 14.9. The topological polar surface area (TPSA) is 52.0 Å². The van der Waals surface area contributed by atoms with E-state index in [9.17, 15) is 0 Å². The average Bonchev–Trinajstić information content (AvgIpc) is 2.24. The zero-order chi connectivity index (χ0) is 11.8. The van der Waals surface area contributed by atoms with Crippen molar-refractivity contribution in [2.24, 2.45) is 11.1 Å². The van der Waals surface area contributed by atoms with E-state index in [4.69, 9.17) is 11.5 Å². The Morgan fingerprint density at radius 3 is 2.50 bits per heavy atom. The van der Waals surface area contributed by atoms with Crippen molar-refractivity contribution in [2.75, 3.05) is 5.73 Å². The summed E-state index contributed by atoms with van der Waals surface area (Å²) in [7, 11) is 0. The van der Waals surface area contributed by atoms with Gasteiger partial charge in [-0.25, -0.2) is 0 Å². The molecule has 0 saturated carbocycles. The number of nitrogens with two attached hydrogens (primary N) is 2. The lowest BCUT2D eigenvalue weighted by molar-refractivity contribution is 0.388. The van der Waals surface area contributed by atoms with E-state index < -0.39 is 0 Å². The third-order valence-electron chi connectivity index (χ3n) is 3.43. The molecule has 84 valence electrons. The Kier molecular flexibility index (Phi) is 2.50. The van der Waals surface area contributed by atoms with Crippen LogP contribution in [0.5, 0.6) is 0 Å². The molecule has 0 aromatic heterocycles. The van der Waals surface area contributed by atoms with Crippen molar-refractivity contribution in [1.29, 1.82) is 0 Å². The second-order valence-electron chi connectivity index (χ2n) is 4.84. The van der Waals surface area contributed by atoms with E-state index in [2.05, 4.69) is 26.0 Å². The molecule has 1 aliphatic rings. The van der Waals surface area contributed by atoms with E-state index in [1.165, 1.54) is 0 Å². The Labute approximate surface area is 96.6 Å². The van der Waals surface area contributed by atoms with Crippen LogP contribution in [0, 0.1) is 5.41 Å². The van der Waals surface area contributed by atoms with Gasteiger partial charge in [0.15, 0.2) is 0 Å². The molecule has 16 heavy (non-hydrogen) atoms. The lowest BCUT2D eigenvalue weighted by Crippen LogP contribution is -2.30. The zero-order valence-corrected chi connectivity index (χ0v) is 9.77. The number of benzene rings is 1. The second-order valence-corrected chi connectivity index (χ2v) is 4.84. The van der Waals surface area contributed by atoms with Gasteiger partial charge in [-0.1, -0.05) is 44.2 Å². The van der Waals surface area contributed by atoms with Crippen molar-refractivity contribution in [3.8, 4) is 0 Å². The fourth-order valence-electron chi connectivity index (χ4n) is 2.19. The molecule has 0 amide bonds. The Hall–Kier alpha value is -1.70. The largest absolute Gasteiger partial charge is 0.402 e. The van der Waals surface area contributed by atoms with Gasteiger partial charge in [-0.2, -0.15) is 0 Å². The minimum absolute atomic E-state index is 0.0791. The fourth-order valence-corrected chi connectivity index (χ4v) is 2.19. The van der Waals surface area contributed by atoms with Crippen LogP contribution >= 0.6 is 0 Å². The molecule has 0 bridgehead atoms. The monoisotopic (exact) mass is 214 g/mol. The van der Waals surface area contributed by atoms with Crippen LogP contribution in [-0.4, -0.2) is 0 Å². The van der Waals surface area contributed by atoms with E-state index in [1.807, 2.05) is 30.4 Å². The van der Waals surface area contributed by atoms with E-state index in [0.717, 1.165) is 16.9 Å². The quantitative estimate of drug-likeness (QED) is 0.706. The van der Waals surface area contributed by atoms with Crippen molar-refractivity contribution < 1.29 is 0 Å². The van der Waals surface area contributed by atoms with E-state index >= 15 is 0 Å². The first-order chi connectivity index (χ1) is 7.53. The third-order valence-corrected chi connectivity index (χ3v) is 3.43. The standard InChI is InChI=1S/C14H18N2/c1-14(2)11(7-5-9-13(14)16)10-6-3-4-8-12(10)15/h3-9,11H,15-16H2,1-2H3. The second kappa shape index (κ2) is 3.71.